The molecule has 0 radical (unpaired) electrons. The van der Waals surface area contributed by atoms with E-state index in [1.165, 1.54) is 6.07 Å². The summed E-state index contributed by atoms with van der Waals surface area (Å²) in [6, 6.07) is 16.5. The third-order valence-corrected chi connectivity index (χ3v) is 5.67. The Morgan fingerprint density at radius 3 is 2.55 bits per heavy atom. The lowest BCUT2D eigenvalue weighted by atomic mass is 9.96. The topological polar surface area (TPSA) is 64.4 Å². The van der Waals surface area contributed by atoms with Gasteiger partial charge in [-0.2, -0.15) is 0 Å². The summed E-state index contributed by atoms with van der Waals surface area (Å²) in [7, 11) is 1.62. The second-order valence-corrected chi connectivity index (χ2v) is 7.85. The highest BCUT2D eigenvalue weighted by atomic mass is 19.1. The highest BCUT2D eigenvalue weighted by Crippen LogP contribution is 2.34. The number of nitrogens with zero attached hydrogens (tertiary/aromatic N) is 1. The zero-order chi connectivity index (χ0) is 21.5. The molecule has 1 N–H and O–H groups in total. The van der Waals surface area contributed by atoms with Gasteiger partial charge in [0.05, 0.1) is 7.11 Å². The molecule has 0 unspecified atom stereocenters. The number of hydrogen-bond donors (Lipinski definition) is 1. The van der Waals surface area contributed by atoms with E-state index in [1.807, 2.05) is 42.5 Å². The molecule has 0 atom stereocenters. The highest BCUT2D eigenvalue weighted by molar-refractivity contribution is 5.97. The van der Waals surface area contributed by atoms with Gasteiger partial charge in [0.15, 0.2) is 5.58 Å². The van der Waals surface area contributed by atoms with Crippen molar-refractivity contribution in [1.29, 1.82) is 0 Å². The van der Waals surface area contributed by atoms with Crippen molar-refractivity contribution in [2.45, 2.75) is 25.8 Å². The van der Waals surface area contributed by atoms with Crippen LogP contribution in [0.4, 0.5) is 4.39 Å². The van der Waals surface area contributed by atoms with Crippen LogP contribution in [-0.4, -0.2) is 24.2 Å². The average Bonchev–Trinajstić information content (AvgIpc) is 3.50. The summed E-state index contributed by atoms with van der Waals surface area (Å²) in [4.78, 5) is 12.4. The maximum absolute atomic E-state index is 14.6. The molecule has 0 spiro atoms. The molecule has 6 heteroatoms. The first-order valence-corrected chi connectivity index (χ1v) is 10.2. The van der Waals surface area contributed by atoms with Crippen molar-refractivity contribution in [2.75, 3.05) is 7.11 Å². The molecule has 1 aliphatic rings. The Morgan fingerprint density at radius 2 is 1.84 bits per heavy atom. The van der Waals surface area contributed by atoms with Crippen molar-refractivity contribution in [1.82, 2.24) is 10.5 Å². The molecule has 5 nitrogen and oxygen atoms in total. The van der Waals surface area contributed by atoms with Crippen LogP contribution in [0.2, 0.25) is 0 Å². The van der Waals surface area contributed by atoms with Gasteiger partial charge in [-0.1, -0.05) is 11.2 Å². The molecule has 3 aromatic carbocycles. The molecule has 0 aliphatic heterocycles. The van der Waals surface area contributed by atoms with Crippen molar-refractivity contribution in [3.05, 3.63) is 71.5 Å². The molecule has 156 valence electrons. The smallest absolute Gasteiger partial charge is 0.251 e. The molecule has 5 rings (SSSR count). The molecule has 0 saturated heterocycles. The number of methoxy groups -OCH3 is 1. The van der Waals surface area contributed by atoms with Gasteiger partial charge >= 0.3 is 0 Å². The van der Waals surface area contributed by atoms with E-state index >= 15 is 0 Å². The maximum Gasteiger partial charge on any atom is 0.251 e. The van der Waals surface area contributed by atoms with Gasteiger partial charge in [-0.15, -0.1) is 0 Å². The Morgan fingerprint density at radius 1 is 1.10 bits per heavy atom. The fourth-order valence-corrected chi connectivity index (χ4v) is 3.67. The van der Waals surface area contributed by atoms with Crippen molar-refractivity contribution < 1.29 is 18.4 Å². The standard InChI is InChI=1S/C25H21FN2O3/c1-14-21(11-17(12-22(14)26)25(29)27-18-6-7-18)16-5-10-20-23(13-16)31-28-24(20)15-3-8-19(30-2)9-4-15/h3-5,8-13,18H,6-7H2,1-2H3,(H,27,29). The number of amides is 1. The maximum atomic E-state index is 14.6. The molecule has 4 aromatic rings. The van der Waals surface area contributed by atoms with Gasteiger partial charge in [0.1, 0.15) is 17.3 Å². The summed E-state index contributed by atoms with van der Waals surface area (Å²) in [5.74, 6) is 0.113. The normalized spacial score (nSPS) is 13.4. The number of rotatable bonds is 5. The van der Waals surface area contributed by atoms with Gasteiger partial charge in [-0.3, -0.25) is 4.79 Å². The van der Waals surface area contributed by atoms with E-state index in [-0.39, 0.29) is 11.9 Å². The number of benzene rings is 3. The summed E-state index contributed by atoms with van der Waals surface area (Å²) in [6.45, 7) is 1.71. The lowest BCUT2D eigenvalue weighted by Gasteiger charge is -2.11. The van der Waals surface area contributed by atoms with Crippen molar-refractivity contribution in [3.63, 3.8) is 0 Å². The highest BCUT2D eigenvalue weighted by Gasteiger charge is 2.24. The summed E-state index contributed by atoms with van der Waals surface area (Å²) < 4.78 is 25.4. The summed E-state index contributed by atoms with van der Waals surface area (Å²) >= 11 is 0. The van der Waals surface area contributed by atoms with Crippen LogP contribution < -0.4 is 10.1 Å². The average molecular weight is 416 g/mol. The van der Waals surface area contributed by atoms with E-state index < -0.39 is 5.82 Å². The minimum Gasteiger partial charge on any atom is -0.497 e. The van der Waals surface area contributed by atoms with E-state index in [0.29, 0.717) is 22.3 Å². The Kier molecular flexibility index (Phi) is 4.70. The SMILES string of the molecule is COc1ccc(-c2noc3cc(-c4cc(C(=O)NC5CC5)cc(F)c4C)ccc23)cc1. The molecule has 1 saturated carbocycles. The van der Waals surface area contributed by atoms with Crippen molar-refractivity contribution in [3.8, 4) is 28.1 Å². The van der Waals surface area contributed by atoms with Crippen LogP contribution >= 0.6 is 0 Å². The van der Waals surface area contributed by atoms with E-state index in [0.717, 1.165) is 40.8 Å². The van der Waals surface area contributed by atoms with Gasteiger partial charge in [-0.25, -0.2) is 4.39 Å². The van der Waals surface area contributed by atoms with E-state index in [9.17, 15) is 9.18 Å². The third kappa shape index (κ3) is 3.65. The third-order valence-electron chi connectivity index (χ3n) is 5.67. The monoisotopic (exact) mass is 416 g/mol. The van der Waals surface area contributed by atoms with Gasteiger partial charge in [-0.05, 0) is 85.0 Å². The first-order chi connectivity index (χ1) is 15.0. The molecular formula is C25H21FN2O3. The van der Waals surface area contributed by atoms with Crippen LogP contribution in [0.15, 0.2) is 59.1 Å². The lowest BCUT2D eigenvalue weighted by molar-refractivity contribution is 0.0950. The van der Waals surface area contributed by atoms with Crippen LogP contribution in [0, 0.1) is 12.7 Å². The van der Waals surface area contributed by atoms with Crippen molar-refractivity contribution >= 4 is 16.9 Å². The molecule has 1 heterocycles. The molecule has 1 amide bonds. The van der Waals surface area contributed by atoms with E-state index in [2.05, 4.69) is 10.5 Å². The molecule has 1 aliphatic carbocycles. The van der Waals surface area contributed by atoms with Crippen LogP contribution in [0.3, 0.4) is 0 Å². The molecule has 1 aromatic heterocycles. The Labute approximate surface area is 178 Å². The Hall–Kier alpha value is -3.67. The summed E-state index contributed by atoms with van der Waals surface area (Å²) in [5, 5.41) is 8.00. The van der Waals surface area contributed by atoms with E-state index in [1.54, 1.807) is 20.1 Å². The minimum absolute atomic E-state index is 0.210. The number of ether oxygens (including phenoxy) is 1. The zero-order valence-corrected chi connectivity index (χ0v) is 17.2. The van der Waals surface area contributed by atoms with Crippen LogP contribution in [0.5, 0.6) is 5.75 Å². The Balaban J connectivity index is 1.53. The first kappa shape index (κ1) is 19.3. The van der Waals surface area contributed by atoms with Crippen LogP contribution in [-0.2, 0) is 0 Å². The molecule has 1 fully saturated rings. The van der Waals surface area contributed by atoms with Crippen molar-refractivity contribution in [2.24, 2.45) is 0 Å². The second-order valence-electron chi connectivity index (χ2n) is 7.85. The minimum atomic E-state index is -0.407. The van der Waals surface area contributed by atoms with Gasteiger partial charge in [0.25, 0.3) is 5.91 Å². The first-order valence-electron chi connectivity index (χ1n) is 10.2. The number of nitrogens with one attached hydrogen (secondary N) is 1. The lowest BCUT2D eigenvalue weighted by Crippen LogP contribution is -2.25. The Bertz CT molecular complexity index is 1290. The summed E-state index contributed by atoms with van der Waals surface area (Å²) in [6.07, 6.45) is 1.96. The van der Waals surface area contributed by atoms with E-state index in [4.69, 9.17) is 9.26 Å². The quantitative estimate of drug-likeness (QED) is 0.466. The number of carbonyl (C=O) groups is 1. The zero-order valence-electron chi connectivity index (χ0n) is 17.2. The van der Waals surface area contributed by atoms with Gasteiger partial charge in [0.2, 0.25) is 0 Å². The number of aromatic nitrogens is 1. The van der Waals surface area contributed by atoms with Crippen LogP contribution in [0.1, 0.15) is 28.8 Å². The number of carbonyl (C=O) groups excluding carboxylic acids is 1. The number of fused-ring (bicyclic) bond motifs is 1. The molecule has 0 bridgehead atoms. The second kappa shape index (κ2) is 7.54. The predicted octanol–water partition coefficient (Wildman–Crippen LogP) is 5.51. The molecular weight excluding hydrogens is 395 g/mol. The van der Waals surface area contributed by atoms with Gasteiger partial charge < -0.3 is 14.6 Å². The summed E-state index contributed by atoms with van der Waals surface area (Å²) in [5.41, 5.74) is 4.46. The molecule has 31 heavy (non-hydrogen) atoms. The number of halogens is 1. The van der Waals surface area contributed by atoms with Gasteiger partial charge in [0, 0.05) is 22.6 Å². The fourth-order valence-electron chi connectivity index (χ4n) is 3.67. The largest absolute Gasteiger partial charge is 0.497 e. The van der Waals surface area contributed by atoms with Crippen LogP contribution in [0.25, 0.3) is 33.4 Å². The fraction of sp³-hybridized carbons (Fsp3) is 0.200. The predicted molar refractivity (Wildman–Crippen MR) is 117 cm³/mol. The number of hydrogen-bond acceptors (Lipinski definition) is 4.